The van der Waals surface area contributed by atoms with Crippen LogP contribution in [-0.4, -0.2) is 22.6 Å². The second-order valence-electron chi connectivity index (χ2n) is 5.00. The number of aryl methyl sites for hydroxylation is 1. The van der Waals surface area contributed by atoms with E-state index < -0.39 is 0 Å². The number of amides is 1. The average molecular weight is 257 g/mol. The third-order valence-electron chi connectivity index (χ3n) is 3.51. The number of rotatable bonds is 4. The molecule has 1 amide bonds. The topological polar surface area (TPSA) is 68.0 Å². The van der Waals surface area contributed by atoms with Crippen molar-refractivity contribution >= 4 is 5.91 Å². The van der Waals surface area contributed by atoms with Crippen LogP contribution in [0.25, 0.3) is 0 Å². The molecule has 1 saturated carbocycles. The Kier molecular flexibility index (Phi) is 2.81. The van der Waals surface area contributed by atoms with Crippen molar-refractivity contribution in [1.29, 1.82) is 0 Å². The van der Waals surface area contributed by atoms with Gasteiger partial charge in [-0.05, 0) is 31.9 Å². The summed E-state index contributed by atoms with van der Waals surface area (Å²) in [4.78, 5) is 16.3. The van der Waals surface area contributed by atoms with E-state index in [0.717, 1.165) is 18.5 Å². The maximum atomic E-state index is 11.9. The Labute approximate surface area is 111 Å². The van der Waals surface area contributed by atoms with Gasteiger partial charge in [0.05, 0.1) is 0 Å². The van der Waals surface area contributed by atoms with E-state index in [1.54, 1.807) is 19.2 Å². The van der Waals surface area contributed by atoms with E-state index in [9.17, 15) is 4.79 Å². The molecule has 1 N–H and O–H groups in total. The summed E-state index contributed by atoms with van der Waals surface area (Å²) >= 11 is 0. The highest BCUT2D eigenvalue weighted by Gasteiger charge is 2.45. The minimum Gasteiger partial charge on any atom is -0.361 e. The lowest BCUT2D eigenvalue weighted by atomic mass is 10.0. The molecule has 0 aromatic carbocycles. The van der Waals surface area contributed by atoms with E-state index in [4.69, 9.17) is 4.52 Å². The Morgan fingerprint density at radius 1 is 1.47 bits per heavy atom. The number of aromatic nitrogens is 2. The molecule has 98 valence electrons. The van der Waals surface area contributed by atoms with Gasteiger partial charge in [-0.3, -0.25) is 9.78 Å². The summed E-state index contributed by atoms with van der Waals surface area (Å²) in [6, 6.07) is 7.52. The summed E-state index contributed by atoms with van der Waals surface area (Å²) in [5, 5.41) is 6.62. The zero-order valence-electron chi connectivity index (χ0n) is 10.7. The molecule has 1 aliphatic carbocycles. The van der Waals surface area contributed by atoms with Crippen molar-refractivity contribution in [1.82, 2.24) is 15.5 Å². The number of hydrogen-bond donors (Lipinski definition) is 1. The van der Waals surface area contributed by atoms with Gasteiger partial charge in [0.2, 0.25) is 0 Å². The van der Waals surface area contributed by atoms with Crippen LogP contribution >= 0.6 is 0 Å². The van der Waals surface area contributed by atoms with E-state index in [1.165, 1.54) is 0 Å². The van der Waals surface area contributed by atoms with E-state index in [-0.39, 0.29) is 11.3 Å². The van der Waals surface area contributed by atoms with Crippen LogP contribution in [0.2, 0.25) is 0 Å². The van der Waals surface area contributed by atoms with Gasteiger partial charge < -0.3 is 9.84 Å². The Morgan fingerprint density at radius 2 is 2.32 bits per heavy atom. The third kappa shape index (κ3) is 2.36. The number of nitrogens with one attached hydrogen (secondary N) is 1. The Hall–Kier alpha value is -2.17. The predicted octanol–water partition coefficient (Wildman–Crippen LogP) is 1.84. The molecule has 3 rings (SSSR count). The van der Waals surface area contributed by atoms with Crippen LogP contribution < -0.4 is 5.32 Å². The fourth-order valence-corrected chi connectivity index (χ4v) is 2.16. The maximum Gasteiger partial charge on any atom is 0.273 e. The zero-order chi connectivity index (χ0) is 13.3. The first-order valence-corrected chi connectivity index (χ1v) is 6.33. The summed E-state index contributed by atoms with van der Waals surface area (Å²) in [6.07, 6.45) is 3.91. The second-order valence-corrected chi connectivity index (χ2v) is 5.00. The standard InChI is InChI=1S/C14H15N3O2/c1-10-8-11(17-19-10)13(18)16-9-14(5-6-14)12-4-2-3-7-15-12/h2-4,7-8H,5-6,9H2,1H3,(H,16,18). The molecule has 0 saturated heterocycles. The smallest absolute Gasteiger partial charge is 0.273 e. The van der Waals surface area contributed by atoms with Crippen molar-refractivity contribution in [3.05, 3.63) is 47.6 Å². The molecule has 1 fully saturated rings. The van der Waals surface area contributed by atoms with Gasteiger partial charge in [-0.1, -0.05) is 11.2 Å². The van der Waals surface area contributed by atoms with Crippen molar-refractivity contribution in [3.63, 3.8) is 0 Å². The van der Waals surface area contributed by atoms with Gasteiger partial charge in [0.15, 0.2) is 5.69 Å². The molecule has 2 aromatic rings. The fourth-order valence-electron chi connectivity index (χ4n) is 2.16. The molecular weight excluding hydrogens is 242 g/mol. The Morgan fingerprint density at radius 3 is 2.89 bits per heavy atom. The maximum absolute atomic E-state index is 11.9. The van der Waals surface area contributed by atoms with Crippen LogP contribution in [0.5, 0.6) is 0 Å². The second kappa shape index (κ2) is 4.50. The van der Waals surface area contributed by atoms with Gasteiger partial charge in [-0.15, -0.1) is 0 Å². The Bertz CT molecular complexity index is 588. The molecule has 1 aliphatic rings. The first-order valence-electron chi connectivity index (χ1n) is 6.33. The minimum absolute atomic E-state index is 0.00962. The number of carbonyl (C=O) groups is 1. The quantitative estimate of drug-likeness (QED) is 0.907. The Balaban J connectivity index is 1.65. The third-order valence-corrected chi connectivity index (χ3v) is 3.51. The molecule has 0 radical (unpaired) electrons. The zero-order valence-corrected chi connectivity index (χ0v) is 10.7. The molecule has 5 nitrogen and oxygen atoms in total. The number of pyridine rings is 1. The van der Waals surface area contributed by atoms with Crippen molar-refractivity contribution in [3.8, 4) is 0 Å². The van der Waals surface area contributed by atoms with Gasteiger partial charge in [-0.25, -0.2) is 0 Å². The van der Waals surface area contributed by atoms with Crippen molar-refractivity contribution < 1.29 is 9.32 Å². The molecule has 0 aliphatic heterocycles. The van der Waals surface area contributed by atoms with Gasteiger partial charge in [0.1, 0.15) is 5.76 Å². The van der Waals surface area contributed by atoms with Crippen LogP contribution in [0.1, 0.15) is 34.8 Å². The summed E-state index contributed by atoms with van der Waals surface area (Å²) in [7, 11) is 0. The van der Waals surface area contributed by atoms with E-state index in [2.05, 4.69) is 15.5 Å². The normalized spacial score (nSPS) is 16.1. The lowest BCUT2D eigenvalue weighted by Crippen LogP contribution is -2.32. The largest absolute Gasteiger partial charge is 0.361 e. The van der Waals surface area contributed by atoms with Gasteiger partial charge in [0, 0.05) is 29.9 Å². The number of nitrogens with zero attached hydrogens (tertiary/aromatic N) is 2. The molecule has 5 heteroatoms. The molecular formula is C14H15N3O2. The lowest BCUT2D eigenvalue weighted by molar-refractivity contribution is 0.0940. The van der Waals surface area contributed by atoms with Gasteiger partial charge >= 0.3 is 0 Å². The minimum atomic E-state index is -0.195. The number of hydrogen-bond acceptors (Lipinski definition) is 4. The lowest BCUT2D eigenvalue weighted by Gasteiger charge is -2.14. The fraction of sp³-hybridized carbons (Fsp3) is 0.357. The summed E-state index contributed by atoms with van der Waals surface area (Å²) < 4.78 is 4.89. The molecule has 0 atom stereocenters. The van der Waals surface area contributed by atoms with Crippen LogP contribution in [0, 0.1) is 6.92 Å². The van der Waals surface area contributed by atoms with E-state index in [1.807, 2.05) is 18.2 Å². The molecule has 0 spiro atoms. The van der Waals surface area contributed by atoms with Crippen LogP contribution in [0.4, 0.5) is 0 Å². The van der Waals surface area contributed by atoms with Crippen molar-refractivity contribution in [2.24, 2.45) is 0 Å². The highest BCUT2D eigenvalue weighted by Crippen LogP contribution is 2.46. The first-order chi connectivity index (χ1) is 9.20. The van der Waals surface area contributed by atoms with Crippen molar-refractivity contribution in [2.45, 2.75) is 25.2 Å². The molecule has 2 heterocycles. The highest BCUT2D eigenvalue weighted by molar-refractivity contribution is 5.92. The van der Waals surface area contributed by atoms with Crippen LogP contribution in [-0.2, 0) is 5.41 Å². The molecule has 19 heavy (non-hydrogen) atoms. The summed E-state index contributed by atoms with van der Waals surface area (Å²) in [5.41, 5.74) is 1.39. The monoisotopic (exact) mass is 257 g/mol. The van der Waals surface area contributed by atoms with Crippen LogP contribution in [0.15, 0.2) is 35.0 Å². The van der Waals surface area contributed by atoms with Crippen LogP contribution in [0.3, 0.4) is 0 Å². The highest BCUT2D eigenvalue weighted by atomic mass is 16.5. The van der Waals surface area contributed by atoms with Crippen molar-refractivity contribution in [2.75, 3.05) is 6.54 Å². The van der Waals surface area contributed by atoms with E-state index in [0.29, 0.717) is 18.0 Å². The predicted molar refractivity (Wildman–Crippen MR) is 68.7 cm³/mol. The SMILES string of the molecule is Cc1cc(C(=O)NCC2(c3ccccn3)CC2)no1. The summed E-state index contributed by atoms with van der Waals surface area (Å²) in [5.74, 6) is 0.440. The number of carbonyl (C=O) groups excluding carboxylic acids is 1. The van der Waals surface area contributed by atoms with Gasteiger partial charge in [0.25, 0.3) is 5.91 Å². The molecule has 0 unspecified atom stereocenters. The summed E-state index contributed by atoms with van der Waals surface area (Å²) in [6.45, 7) is 2.36. The first kappa shape index (κ1) is 11.9. The average Bonchev–Trinajstić information content (AvgIpc) is 3.12. The molecule has 2 aromatic heterocycles. The molecule has 0 bridgehead atoms. The van der Waals surface area contributed by atoms with E-state index >= 15 is 0 Å². The van der Waals surface area contributed by atoms with Gasteiger partial charge in [-0.2, -0.15) is 0 Å².